The fraction of sp³-hybridized carbons (Fsp3) is 0.625. The summed E-state index contributed by atoms with van der Waals surface area (Å²) in [5.41, 5.74) is 7.30. The van der Waals surface area contributed by atoms with Crippen molar-refractivity contribution in [3.63, 3.8) is 0 Å². The lowest BCUT2D eigenvalue weighted by Gasteiger charge is -2.39. The van der Waals surface area contributed by atoms with Gasteiger partial charge in [-0.15, -0.1) is 12.4 Å². The summed E-state index contributed by atoms with van der Waals surface area (Å²) in [4.78, 5) is 2.57. The molecule has 1 saturated heterocycles. The van der Waals surface area contributed by atoms with E-state index in [0.29, 0.717) is 6.04 Å². The number of nitrogens with zero attached hydrogens (tertiary/aromatic N) is 1. The molecule has 2 atom stereocenters. The molecule has 2 N–H and O–H groups in total. The zero-order valence-electron chi connectivity index (χ0n) is 12.5. The molecule has 1 aromatic carbocycles. The third-order valence-electron chi connectivity index (χ3n) is 4.32. The minimum Gasteiger partial charge on any atom is -0.497 e. The molecule has 4 heteroatoms. The number of nitrogens with two attached hydrogens (primary N) is 1. The fourth-order valence-electron chi connectivity index (χ4n) is 3.06. The van der Waals surface area contributed by atoms with Gasteiger partial charge in [0.2, 0.25) is 0 Å². The first-order valence-corrected chi connectivity index (χ1v) is 7.31. The van der Waals surface area contributed by atoms with Gasteiger partial charge in [-0.1, -0.05) is 19.1 Å². The normalized spacial score (nSPS) is 23.1. The fourth-order valence-corrected chi connectivity index (χ4v) is 3.06. The van der Waals surface area contributed by atoms with Gasteiger partial charge in [-0.25, -0.2) is 0 Å². The van der Waals surface area contributed by atoms with Crippen molar-refractivity contribution < 1.29 is 4.74 Å². The molecule has 0 spiro atoms. The molecule has 0 bridgehead atoms. The molecule has 114 valence electrons. The largest absolute Gasteiger partial charge is 0.497 e. The zero-order chi connectivity index (χ0) is 13.7. The van der Waals surface area contributed by atoms with Crippen LogP contribution in [0.4, 0.5) is 0 Å². The smallest absolute Gasteiger partial charge is 0.118 e. The van der Waals surface area contributed by atoms with E-state index in [-0.39, 0.29) is 12.4 Å². The van der Waals surface area contributed by atoms with Crippen molar-refractivity contribution in [2.75, 3.05) is 26.7 Å². The van der Waals surface area contributed by atoms with Gasteiger partial charge in [0.25, 0.3) is 0 Å². The van der Waals surface area contributed by atoms with E-state index in [0.717, 1.165) is 31.2 Å². The Morgan fingerprint density at radius 2 is 2.00 bits per heavy atom. The molecular weight excluding hydrogens is 272 g/mol. The molecule has 3 nitrogen and oxygen atoms in total. The first-order chi connectivity index (χ1) is 9.24. The second-order valence-corrected chi connectivity index (χ2v) is 5.56. The zero-order valence-corrected chi connectivity index (χ0v) is 13.4. The molecule has 1 fully saturated rings. The highest BCUT2D eigenvalue weighted by atomic mass is 35.5. The Bertz CT molecular complexity index is 383. The van der Waals surface area contributed by atoms with E-state index in [4.69, 9.17) is 10.5 Å². The van der Waals surface area contributed by atoms with Gasteiger partial charge >= 0.3 is 0 Å². The number of hydrogen-bond donors (Lipinski definition) is 1. The summed E-state index contributed by atoms with van der Waals surface area (Å²) in [6.07, 6.45) is 3.72. The van der Waals surface area contributed by atoms with E-state index >= 15 is 0 Å². The molecule has 0 amide bonds. The topological polar surface area (TPSA) is 38.5 Å². The van der Waals surface area contributed by atoms with Crippen molar-refractivity contribution in [3.05, 3.63) is 29.8 Å². The van der Waals surface area contributed by atoms with Gasteiger partial charge in [0.1, 0.15) is 5.75 Å². The predicted octanol–water partition coefficient (Wildman–Crippen LogP) is 2.72. The van der Waals surface area contributed by atoms with Crippen LogP contribution in [0, 0.1) is 5.92 Å². The van der Waals surface area contributed by atoms with Gasteiger partial charge in [-0.2, -0.15) is 0 Å². The van der Waals surface area contributed by atoms with Crippen LogP contribution < -0.4 is 10.5 Å². The van der Waals surface area contributed by atoms with Crippen molar-refractivity contribution in [1.29, 1.82) is 0 Å². The molecule has 0 radical (unpaired) electrons. The van der Waals surface area contributed by atoms with Crippen molar-refractivity contribution in [3.8, 4) is 5.75 Å². The Kier molecular flexibility index (Phi) is 7.35. The van der Waals surface area contributed by atoms with Crippen LogP contribution in [-0.2, 0) is 6.42 Å². The summed E-state index contributed by atoms with van der Waals surface area (Å²) in [6, 6.07) is 8.95. The van der Waals surface area contributed by atoms with Gasteiger partial charge in [0, 0.05) is 19.1 Å². The standard InChI is InChI=1S/C16H26N2O.ClH/c1-13-4-3-10-18(16(13)12-17)11-9-14-5-7-15(19-2)8-6-14;/h5-8,13,16H,3-4,9-12,17H2,1-2H3;1H. The van der Waals surface area contributed by atoms with Gasteiger partial charge in [0.05, 0.1) is 7.11 Å². The monoisotopic (exact) mass is 298 g/mol. The number of benzene rings is 1. The molecule has 0 aromatic heterocycles. The number of hydrogen-bond acceptors (Lipinski definition) is 3. The maximum atomic E-state index is 5.93. The predicted molar refractivity (Wildman–Crippen MR) is 86.8 cm³/mol. The molecule has 2 rings (SSSR count). The summed E-state index contributed by atoms with van der Waals surface area (Å²) in [7, 11) is 1.70. The molecular formula is C16H27ClN2O. The number of halogens is 1. The highest BCUT2D eigenvalue weighted by molar-refractivity contribution is 5.85. The highest BCUT2D eigenvalue weighted by Gasteiger charge is 2.26. The second kappa shape index (κ2) is 8.50. The quantitative estimate of drug-likeness (QED) is 0.908. The Morgan fingerprint density at radius 1 is 1.30 bits per heavy atom. The first-order valence-electron chi connectivity index (χ1n) is 7.31. The Balaban J connectivity index is 0.00000200. The van der Waals surface area contributed by atoms with Crippen LogP contribution >= 0.6 is 12.4 Å². The molecule has 0 saturated carbocycles. The van der Waals surface area contributed by atoms with E-state index in [9.17, 15) is 0 Å². The Morgan fingerprint density at radius 3 is 2.60 bits per heavy atom. The van der Waals surface area contributed by atoms with E-state index in [1.807, 2.05) is 12.1 Å². The molecule has 1 aromatic rings. The van der Waals surface area contributed by atoms with Crippen molar-refractivity contribution in [2.24, 2.45) is 11.7 Å². The summed E-state index contributed by atoms with van der Waals surface area (Å²) in [6.45, 7) is 5.42. The summed E-state index contributed by atoms with van der Waals surface area (Å²) >= 11 is 0. The Hall–Kier alpha value is -0.770. The van der Waals surface area contributed by atoms with Gasteiger partial charge in [-0.05, 0) is 49.4 Å². The van der Waals surface area contributed by atoms with Gasteiger partial charge in [-0.3, -0.25) is 4.90 Å². The van der Waals surface area contributed by atoms with Crippen LogP contribution in [0.2, 0.25) is 0 Å². The number of likely N-dealkylation sites (tertiary alicyclic amines) is 1. The lowest BCUT2D eigenvalue weighted by molar-refractivity contribution is 0.108. The molecule has 2 unspecified atom stereocenters. The maximum absolute atomic E-state index is 5.93. The summed E-state index contributed by atoms with van der Waals surface area (Å²) < 4.78 is 5.19. The summed E-state index contributed by atoms with van der Waals surface area (Å²) in [5, 5.41) is 0. The second-order valence-electron chi connectivity index (χ2n) is 5.56. The lowest BCUT2D eigenvalue weighted by Crippen LogP contribution is -2.49. The van der Waals surface area contributed by atoms with Gasteiger partial charge < -0.3 is 10.5 Å². The number of ether oxygens (including phenoxy) is 1. The molecule has 1 heterocycles. The summed E-state index contributed by atoms with van der Waals surface area (Å²) in [5.74, 6) is 1.66. The van der Waals surface area contributed by atoms with Crippen molar-refractivity contribution in [1.82, 2.24) is 4.90 Å². The van der Waals surface area contributed by atoms with E-state index in [1.54, 1.807) is 7.11 Å². The molecule has 1 aliphatic rings. The van der Waals surface area contributed by atoms with Crippen LogP contribution in [0.1, 0.15) is 25.3 Å². The van der Waals surface area contributed by atoms with Crippen LogP contribution in [0.3, 0.4) is 0 Å². The SMILES string of the molecule is COc1ccc(CCN2CCCC(C)C2CN)cc1.Cl. The third-order valence-corrected chi connectivity index (χ3v) is 4.32. The van der Waals surface area contributed by atoms with E-state index in [1.165, 1.54) is 24.9 Å². The van der Waals surface area contributed by atoms with Crippen molar-refractivity contribution >= 4 is 12.4 Å². The minimum atomic E-state index is 0. The highest BCUT2D eigenvalue weighted by Crippen LogP contribution is 2.23. The average Bonchev–Trinajstić information content (AvgIpc) is 2.45. The lowest BCUT2D eigenvalue weighted by atomic mass is 9.90. The number of piperidine rings is 1. The van der Waals surface area contributed by atoms with E-state index < -0.39 is 0 Å². The molecule has 1 aliphatic heterocycles. The first kappa shape index (κ1) is 17.3. The Labute approximate surface area is 128 Å². The van der Waals surface area contributed by atoms with Crippen LogP contribution in [0.5, 0.6) is 5.75 Å². The maximum Gasteiger partial charge on any atom is 0.118 e. The number of rotatable bonds is 5. The average molecular weight is 299 g/mol. The van der Waals surface area contributed by atoms with Gasteiger partial charge in [0.15, 0.2) is 0 Å². The molecule has 20 heavy (non-hydrogen) atoms. The minimum absolute atomic E-state index is 0. The van der Waals surface area contributed by atoms with Crippen molar-refractivity contribution in [2.45, 2.75) is 32.2 Å². The molecule has 0 aliphatic carbocycles. The van der Waals surface area contributed by atoms with Crippen LogP contribution in [-0.4, -0.2) is 37.7 Å². The van der Waals surface area contributed by atoms with Crippen LogP contribution in [0.15, 0.2) is 24.3 Å². The van der Waals surface area contributed by atoms with E-state index in [2.05, 4.69) is 24.0 Å². The van der Waals surface area contributed by atoms with Crippen LogP contribution in [0.25, 0.3) is 0 Å². The number of methoxy groups -OCH3 is 1. The third kappa shape index (κ3) is 4.37.